The summed E-state index contributed by atoms with van der Waals surface area (Å²) in [6.45, 7) is 4.29. The van der Waals surface area contributed by atoms with E-state index in [1.807, 2.05) is 18.4 Å². The van der Waals surface area contributed by atoms with Gasteiger partial charge in [0.25, 0.3) is 0 Å². The largest absolute Gasteiger partial charge is 0.445 e. The quantitative estimate of drug-likeness (QED) is 0.718. The predicted octanol–water partition coefficient (Wildman–Crippen LogP) is 2.87. The molecule has 1 heterocycles. The number of hydrogen-bond donors (Lipinski definition) is 0. The van der Waals surface area contributed by atoms with Gasteiger partial charge in [-0.25, -0.2) is 4.79 Å². The maximum atomic E-state index is 12.1. The zero-order chi connectivity index (χ0) is 16.5. The highest BCUT2D eigenvalue weighted by Gasteiger charge is 2.21. The lowest BCUT2D eigenvalue weighted by molar-refractivity contribution is 0.0713. The minimum absolute atomic E-state index is 0.262. The van der Waals surface area contributed by atoms with Crippen molar-refractivity contribution in [3.8, 4) is 0 Å². The van der Waals surface area contributed by atoms with E-state index in [0.717, 1.165) is 38.0 Å². The number of piperazine rings is 1. The van der Waals surface area contributed by atoms with Gasteiger partial charge >= 0.3 is 6.09 Å². The van der Waals surface area contributed by atoms with E-state index in [2.05, 4.69) is 4.90 Å². The van der Waals surface area contributed by atoms with E-state index in [9.17, 15) is 9.59 Å². The summed E-state index contributed by atoms with van der Waals surface area (Å²) < 4.78 is 5.34. The molecule has 1 radical (unpaired) electrons. The van der Waals surface area contributed by atoms with Gasteiger partial charge in [0, 0.05) is 37.6 Å². The second-order valence-corrected chi connectivity index (χ2v) is 6.05. The molecule has 1 amide bonds. The Morgan fingerprint density at radius 2 is 1.83 bits per heavy atom. The minimum Gasteiger partial charge on any atom is -0.445 e. The van der Waals surface area contributed by atoms with Crippen molar-refractivity contribution >= 4 is 24.0 Å². The summed E-state index contributed by atoms with van der Waals surface area (Å²) >= 11 is 5.82. The molecule has 0 bridgehead atoms. The molecular weight excluding hydrogens is 316 g/mol. The number of amides is 1. The van der Waals surface area contributed by atoms with Crippen molar-refractivity contribution in [1.29, 1.82) is 0 Å². The van der Waals surface area contributed by atoms with Gasteiger partial charge in [-0.2, -0.15) is 0 Å². The monoisotopic (exact) mass is 337 g/mol. The van der Waals surface area contributed by atoms with E-state index < -0.39 is 0 Å². The normalized spacial score (nSPS) is 15.4. The number of ether oxygens (including phenoxy) is 1. The third-order valence-electron chi connectivity index (χ3n) is 3.91. The highest BCUT2D eigenvalue weighted by atomic mass is 35.5. The third kappa shape index (κ3) is 6.20. The second kappa shape index (κ2) is 9.53. The van der Waals surface area contributed by atoms with Crippen LogP contribution in [0.25, 0.3) is 0 Å². The summed E-state index contributed by atoms with van der Waals surface area (Å²) in [6, 6.07) is 7.27. The van der Waals surface area contributed by atoms with Crippen molar-refractivity contribution in [2.75, 3.05) is 32.7 Å². The highest BCUT2D eigenvalue weighted by molar-refractivity contribution is 6.30. The van der Waals surface area contributed by atoms with Gasteiger partial charge in [-0.3, -0.25) is 9.69 Å². The molecule has 125 valence electrons. The Bertz CT molecular complexity index is 499. The molecule has 6 heteroatoms. The molecule has 0 aliphatic carbocycles. The first-order valence-electron chi connectivity index (χ1n) is 7.92. The molecule has 2 rings (SSSR count). The highest BCUT2D eigenvalue weighted by Crippen LogP contribution is 2.11. The molecule has 0 saturated carbocycles. The molecule has 23 heavy (non-hydrogen) atoms. The first-order valence-corrected chi connectivity index (χ1v) is 8.30. The van der Waals surface area contributed by atoms with E-state index in [0.29, 0.717) is 24.5 Å². The lowest BCUT2D eigenvalue weighted by Crippen LogP contribution is -2.48. The Hall–Kier alpha value is -1.59. The number of carbonyl (C=O) groups is 1. The molecule has 0 unspecified atom stereocenters. The van der Waals surface area contributed by atoms with Crippen molar-refractivity contribution in [3.63, 3.8) is 0 Å². The Morgan fingerprint density at radius 1 is 1.13 bits per heavy atom. The molecule has 0 spiro atoms. The molecule has 1 aliphatic rings. The van der Waals surface area contributed by atoms with Gasteiger partial charge in [0.05, 0.1) is 0 Å². The second-order valence-electron chi connectivity index (χ2n) is 5.61. The van der Waals surface area contributed by atoms with Gasteiger partial charge in [0.1, 0.15) is 6.61 Å². The average Bonchev–Trinajstić information content (AvgIpc) is 2.58. The Balaban J connectivity index is 1.65. The van der Waals surface area contributed by atoms with Crippen molar-refractivity contribution in [1.82, 2.24) is 9.80 Å². The lowest BCUT2D eigenvalue weighted by Gasteiger charge is -2.34. The van der Waals surface area contributed by atoms with E-state index in [1.54, 1.807) is 17.0 Å². The predicted molar refractivity (Wildman–Crippen MR) is 89.2 cm³/mol. The van der Waals surface area contributed by atoms with Crippen LogP contribution in [0.5, 0.6) is 0 Å². The van der Waals surface area contributed by atoms with Gasteiger partial charge in [-0.1, -0.05) is 23.7 Å². The summed E-state index contributed by atoms with van der Waals surface area (Å²) in [5, 5.41) is 0.669. The molecule has 0 aromatic heterocycles. The first-order chi connectivity index (χ1) is 11.2. The zero-order valence-corrected chi connectivity index (χ0v) is 13.9. The summed E-state index contributed by atoms with van der Waals surface area (Å²) in [7, 11) is 0. The zero-order valence-electron chi connectivity index (χ0n) is 13.2. The Morgan fingerprint density at radius 3 is 2.48 bits per heavy atom. The van der Waals surface area contributed by atoms with Crippen LogP contribution >= 0.6 is 11.6 Å². The molecule has 1 aliphatic heterocycles. The topological polar surface area (TPSA) is 49.9 Å². The van der Waals surface area contributed by atoms with Crippen LogP contribution in [0, 0.1) is 0 Å². The molecule has 1 saturated heterocycles. The summed E-state index contributed by atoms with van der Waals surface area (Å²) in [5.74, 6) is 0. The van der Waals surface area contributed by atoms with Crippen molar-refractivity contribution in [3.05, 3.63) is 34.9 Å². The van der Waals surface area contributed by atoms with E-state index in [4.69, 9.17) is 16.3 Å². The van der Waals surface area contributed by atoms with Gasteiger partial charge in [-0.05, 0) is 37.1 Å². The van der Waals surface area contributed by atoms with Crippen molar-refractivity contribution < 1.29 is 14.3 Å². The van der Waals surface area contributed by atoms with Crippen LogP contribution in [-0.4, -0.2) is 54.9 Å². The van der Waals surface area contributed by atoms with Crippen LogP contribution in [0.15, 0.2) is 24.3 Å². The van der Waals surface area contributed by atoms with E-state index >= 15 is 0 Å². The number of rotatable bonds is 7. The number of halogens is 1. The van der Waals surface area contributed by atoms with Crippen LogP contribution in [0.3, 0.4) is 0 Å². The van der Waals surface area contributed by atoms with Gasteiger partial charge in [0.2, 0.25) is 0 Å². The fourth-order valence-corrected chi connectivity index (χ4v) is 2.63. The molecule has 1 fully saturated rings. The molecule has 5 nitrogen and oxygen atoms in total. The Labute approximate surface area is 142 Å². The van der Waals surface area contributed by atoms with Crippen LogP contribution in [0.1, 0.15) is 24.8 Å². The van der Waals surface area contributed by atoms with E-state index in [-0.39, 0.29) is 12.7 Å². The summed E-state index contributed by atoms with van der Waals surface area (Å²) in [4.78, 5) is 26.3. The average molecular weight is 338 g/mol. The smallest absolute Gasteiger partial charge is 0.410 e. The van der Waals surface area contributed by atoms with Crippen molar-refractivity contribution in [2.45, 2.75) is 25.9 Å². The van der Waals surface area contributed by atoms with Crippen molar-refractivity contribution in [2.24, 2.45) is 0 Å². The number of benzene rings is 1. The molecule has 1 aromatic rings. The fraction of sp³-hybridized carbons (Fsp3) is 0.529. The molecule has 0 N–H and O–H groups in total. The standard InChI is InChI=1S/C17H22ClN2O3/c18-16-6-4-15(5-7-16)14-23-17(22)20-11-9-19(10-12-20)8-2-1-3-13-21/h4-7H,1-3,8-12,14H2. The van der Waals surface area contributed by atoms with Crippen LogP contribution < -0.4 is 0 Å². The first kappa shape index (κ1) is 17.8. The van der Waals surface area contributed by atoms with E-state index in [1.165, 1.54) is 0 Å². The van der Waals surface area contributed by atoms with Gasteiger partial charge in [-0.15, -0.1) is 0 Å². The third-order valence-corrected chi connectivity index (χ3v) is 4.16. The Kier molecular flexibility index (Phi) is 7.36. The number of nitrogens with zero attached hydrogens (tertiary/aromatic N) is 2. The maximum Gasteiger partial charge on any atom is 0.410 e. The number of hydrogen-bond acceptors (Lipinski definition) is 4. The van der Waals surface area contributed by atoms with Gasteiger partial charge < -0.3 is 9.64 Å². The van der Waals surface area contributed by atoms with Gasteiger partial charge in [0.15, 0.2) is 6.29 Å². The maximum absolute atomic E-state index is 12.1. The molecular formula is C17H22ClN2O3. The minimum atomic E-state index is -0.268. The lowest BCUT2D eigenvalue weighted by atomic mass is 10.2. The molecule has 0 atom stereocenters. The number of unbranched alkanes of at least 4 members (excludes halogenated alkanes) is 2. The fourth-order valence-electron chi connectivity index (χ4n) is 2.50. The number of carbonyl (C=O) groups excluding carboxylic acids is 2. The summed E-state index contributed by atoms with van der Waals surface area (Å²) in [5.41, 5.74) is 0.924. The van der Waals surface area contributed by atoms with Crippen LogP contribution in [0.4, 0.5) is 4.79 Å². The van der Waals surface area contributed by atoms with Crippen LogP contribution in [0.2, 0.25) is 5.02 Å². The summed E-state index contributed by atoms with van der Waals surface area (Å²) in [6.07, 6.45) is 4.03. The van der Waals surface area contributed by atoms with Crippen LogP contribution in [-0.2, 0) is 16.1 Å². The SMILES string of the molecule is O=[C]CCCCN1CCN(C(=O)OCc2ccc(Cl)cc2)CC1. The molecule has 1 aromatic carbocycles.